The largest absolute Gasteiger partial charge is 0.497 e. The molecule has 0 aliphatic heterocycles. The van der Waals surface area contributed by atoms with Crippen LogP contribution in [0.3, 0.4) is 0 Å². The number of benzene rings is 2. The van der Waals surface area contributed by atoms with Gasteiger partial charge in [0.05, 0.1) is 7.11 Å². The zero-order valence-electron chi connectivity index (χ0n) is 12.6. The number of hydrogen-bond donors (Lipinski definition) is 0. The van der Waals surface area contributed by atoms with Gasteiger partial charge in [-0.3, -0.25) is 4.79 Å². The normalized spacial score (nSPS) is 10.5. The summed E-state index contributed by atoms with van der Waals surface area (Å²) in [6.07, 6.45) is 0.871. The maximum atomic E-state index is 12.3. The van der Waals surface area contributed by atoms with Gasteiger partial charge in [-0.25, -0.2) is 0 Å². The molecule has 21 heavy (non-hydrogen) atoms. The molecule has 2 nitrogen and oxygen atoms in total. The molecule has 2 rings (SSSR count). The molecule has 2 aromatic rings. The van der Waals surface area contributed by atoms with E-state index in [1.54, 1.807) is 7.11 Å². The SMILES string of the molecule is COc1ccc(Br)c(CC(=O)Cc2ccc(C)c(C)c2)c1. The lowest BCUT2D eigenvalue weighted by molar-refractivity contribution is -0.117. The second-order valence-corrected chi connectivity index (χ2v) is 6.12. The standard InChI is InChI=1S/C18H19BrO2/c1-12-4-5-14(8-13(12)2)9-16(20)10-15-11-17(21-3)6-7-18(15)19/h4-8,11H,9-10H2,1-3H3. The molecule has 0 heterocycles. The topological polar surface area (TPSA) is 26.3 Å². The highest BCUT2D eigenvalue weighted by Crippen LogP contribution is 2.23. The van der Waals surface area contributed by atoms with Crippen LogP contribution in [-0.2, 0) is 17.6 Å². The van der Waals surface area contributed by atoms with Crippen molar-refractivity contribution >= 4 is 21.7 Å². The fourth-order valence-electron chi connectivity index (χ4n) is 2.23. The van der Waals surface area contributed by atoms with E-state index in [-0.39, 0.29) is 5.78 Å². The average molecular weight is 347 g/mol. The van der Waals surface area contributed by atoms with E-state index in [4.69, 9.17) is 4.74 Å². The number of ether oxygens (including phenoxy) is 1. The lowest BCUT2D eigenvalue weighted by atomic mass is 9.99. The Labute approximate surface area is 134 Å². The summed E-state index contributed by atoms with van der Waals surface area (Å²) in [5.41, 5.74) is 4.51. The third-order valence-corrected chi connectivity index (χ3v) is 4.39. The smallest absolute Gasteiger partial charge is 0.141 e. The maximum absolute atomic E-state index is 12.3. The van der Waals surface area contributed by atoms with Crippen LogP contribution in [0, 0.1) is 13.8 Å². The first kappa shape index (κ1) is 15.8. The van der Waals surface area contributed by atoms with E-state index in [1.807, 2.05) is 24.3 Å². The molecule has 0 amide bonds. The van der Waals surface area contributed by atoms with Gasteiger partial charge < -0.3 is 4.74 Å². The quantitative estimate of drug-likeness (QED) is 0.800. The van der Waals surface area contributed by atoms with Crippen molar-refractivity contribution in [3.63, 3.8) is 0 Å². The minimum Gasteiger partial charge on any atom is -0.497 e. The van der Waals surface area contributed by atoms with Gasteiger partial charge in [-0.15, -0.1) is 0 Å². The van der Waals surface area contributed by atoms with E-state index in [9.17, 15) is 4.79 Å². The third kappa shape index (κ3) is 4.18. The van der Waals surface area contributed by atoms with Crippen molar-refractivity contribution in [2.45, 2.75) is 26.7 Å². The monoisotopic (exact) mass is 346 g/mol. The predicted octanol–water partition coefficient (Wildman–Crippen LogP) is 4.43. The molecule has 110 valence electrons. The first-order valence-electron chi connectivity index (χ1n) is 6.90. The summed E-state index contributed by atoms with van der Waals surface area (Å²) < 4.78 is 6.15. The average Bonchev–Trinajstić information content (AvgIpc) is 2.45. The summed E-state index contributed by atoms with van der Waals surface area (Å²) in [5.74, 6) is 0.972. The van der Waals surface area contributed by atoms with E-state index in [0.29, 0.717) is 12.8 Å². The van der Waals surface area contributed by atoms with Crippen molar-refractivity contribution in [3.8, 4) is 5.75 Å². The molecule has 0 N–H and O–H groups in total. The zero-order chi connectivity index (χ0) is 15.4. The molecule has 3 heteroatoms. The van der Waals surface area contributed by atoms with Crippen LogP contribution in [0.15, 0.2) is 40.9 Å². The van der Waals surface area contributed by atoms with Crippen LogP contribution in [0.1, 0.15) is 22.3 Å². The van der Waals surface area contributed by atoms with Crippen LogP contribution in [0.2, 0.25) is 0 Å². The van der Waals surface area contributed by atoms with Gasteiger partial charge >= 0.3 is 0 Å². The minimum atomic E-state index is 0.201. The van der Waals surface area contributed by atoms with Crippen molar-refractivity contribution in [1.82, 2.24) is 0 Å². The minimum absolute atomic E-state index is 0.201. The van der Waals surface area contributed by atoms with Crippen molar-refractivity contribution in [2.24, 2.45) is 0 Å². The molecular formula is C18H19BrO2. The number of carbonyl (C=O) groups is 1. The summed E-state index contributed by atoms with van der Waals surface area (Å²) in [6, 6.07) is 11.9. The molecule has 0 radical (unpaired) electrons. The Morgan fingerprint density at radius 3 is 2.48 bits per heavy atom. The van der Waals surface area contributed by atoms with E-state index >= 15 is 0 Å². The summed E-state index contributed by atoms with van der Waals surface area (Å²) in [7, 11) is 1.63. The fourth-order valence-corrected chi connectivity index (χ4v) is 2.62. The summed E-state index contributed by atoms with van der Waals surface area (Å²) in [6.45, 7) is 4.15. The van der Waals surface area contributed by atoms with Gasteiger partial charge in [-0.2, -0.15) is 0 Å². The molecule has 0 aromatic heterocycles. The highest BCUT2D eigenvalue weighted by molar-refractivity contribution is 9.10. The second-order valence-electron chi connectivity index (χ2n) is 5.27. The Morgan fingerprint density at radius 1 is 1.05 bits per heavy atom. The Balaban J connectivity index is 2.09. The van der Waals surface area contributed by atoms with Gasteiger partial charge in [-0.1, -0.05) is 34.1 Å². The third-order valence-electron chi connectivity index (χ3n) is 3.61. The van der Waals surface area contributed by atoms with E-state index in [2.05, 4.69) is 41.9 Å². The number of ketones is 1. The number of carbonyl (C=O) groups excluding carboxylic acids is 1. The van der Waals surface area contributed by atoms with E-state index < -0.39 is 0 Å². The molecule has 0 bridgehead atoms. The zero-order valence-corrected chi connectivity index (χ0v) is 14.2. The summed E-state index contributed by atoms with van der Waals surface area (Å²) in [4.78, 5) is 12.3. The van der Waals surface area contributed by atoms with Crippen LogP contribution in [-0.4, -0.2) is 12.9 Å². The van der Waals surface area contributed by atoms with Crippen molar-refractivity contribution < 1.29 is 9.53 Å². The molecule has 0 unspecified atom stereocenters. The molecule has 0 aliphatic rings. The lowest BCUT2D eigenvalue weighted by Gasteiger charge is -2.08. The first-order chi connectivity index (χ1) is 9.99. The number of rotatable bonds is 5. The Morgan fingerprint density at radius 2 is 1.81 bits per heavy atom. The van der Waals surface area contributed by atoms with Crippen LogP contribution < -0.4 is 4.74 Å². The van der Waals surface area contributed by atoms with Crippen LogP contribution in [0.25, 0.3) is 0 Å². The Bertz CT molecular complexity index is 662. The van der Waals surface area contributed by atoms with Gasteiger partial charge in [0, 0.05) is 17.3 Å². The molecule has 0 saturated carbocycles. The second kappa shape index (κ2) is 6.90. The van der Waals surface area contributed by atoms with E-state index in [0.717, 1.165) is 21.3 Å². The van der Waals surface area contributed by atoms with Gasteiger partial charge in [0.15, 0.2) is 0 Å². The van der Waals surface area contributed by atoms with Crippen LogP contribution >= 0.6 is 15.9 Å². The Hall–Kier alpha value is -1.61. The highest BCUT2D eigenvalue weighted by atomic mass is 79.9. The number of methoxy groups -OCH3 is 1. The number of halogens is 1. The lowest BCUT2D eigenvalue weighted by Crippen LogP contribution is -2.07. The molecular weight excluding hydrogens is 328 g/mol. The van der Waals surface area contributed by atoms with Crippen molar-refractivity contribution in [3.05, 3.63) is 63.1 Å². The molecule has 0 spiro atoms. The number of Topliss-reactive ketones (excluding diaryl/α,β-unsaturated/α-hetero) is 1. The van der Waals surface area contributed by atoms with Crippen LogP contribution in [0.4, 0.5) is 0 Å². The maximum Gasteiger partial charge on any atom is 0.141 e. The van der Waals surface area contributed by atoms with Crippen molar-refractivity contribution in [1.29, 1.82) is 0 Å². The van der Waals surface area contributed by atoms with E-state index in [1.165, 1.54) is 11.1 Å². The fraction of sp³-hybridized carbons (Fsp3) is 0.278. The summed E-state index contributed by atoms with van der Waals surface area (Å²) >= 11 is 3.49. The molecule has 0 aliphatic carbocycles. The van der Waals surface area contributed by atoms with Gasteiger partial charge in [0.1, 0.15) is 11.5 Å². The van der Waals surface area contributed by atoms with Gasteiger partial charge in [0.2, 0.25) is 0 Å². The van der Waals surface area contributed by atoms with Crippen LogP contribution in [0.5, 0.6) is 5.75 Å². The number of aryl methyl sites for hydroxylation is 2. The van der Waals surface area contributed by atoms with Gasteiger partial charge in [-0.05, 0) is 54.3 Å². The molecule has 2 aromatic carbocycles. The predicted molar refractivity (Wildman–Crippen MR) is 89.0 cm³/mol. The number of hydrogen-bond acceptors (Lipinski definition) is 2. The molecule has 0 fully saturated rings. The Kier molecular flexibility index (Phi) is 5.18. The highest BCUT2D eigenvalue weighted by Gasteiger charge is 2.10. The van der Waals surface area contributed by atoms with Gasteiger partial charge in [0.25, 0.3) is 0 Å². The van der Waals surface area contributed by atoms with Crippen molar-refractivity contribution in [2.75, 3.05) is 7.11 Å². The first-order valence-corrected chi connectivity index (χ1v) is 7.69. The summed E-state index contributed by atoms with van der Waals surface area (Å²) in [5, 5.41) is 0. The molecule has 0 atom stereocenters. The molecule has 0 saturated heterocycles.